The molecule has 25 heavy (non-hydrogen) atoms. The standard InChI is InChI=1S/C19H20O6/c1-9-4-14-16-12(17(21)24-14)5-11(20)6-13(16)19(9)7-15(25-18(19)22)10-2-3-23-8-10/h2-3,8-9,11-12,14-15,20H,4-7H2,1H3/t9-,11+,12+,14-,15+,19-/m1/s1. The maximum absolute atomic E-state index is 13.0. The van der Waals surface area contributed by atoms with Crippen LogP contribution in [-0.2, 0) is 19.1 Å². The second-order valence-corrected chi connectivity index (χ2v) is 7.77. The average molecular weight is 344 g/mol. The van der Waals surface area contributed by atoms with Crippen molar-refractivity contribution in [2.45, 2.75) is 50.9 Å². The number of aliphatic hydroxyl groups is 1. The molecule has 0 amide bonds. The minimum absolute atomic E-state index is 0.0162. The Kier molecular flexibility index (Phi) is 3.02. The predicted molar refractivity (Wildman–Crippen MR) is 84.0 cm³/mol. The lowest BCUT2D eigenvalue weighted by Gasteiger charge is -2.44. The number of hydrogen-bond donors (Lipinski definition) is 1. The number of carbonyl (C=O) groups is 2. The van der Waals surface area contributed by atoms with Crippen molar-refractivity contribution >= 4 is 11.9 Å². The van der Waals surface area contributed by atoms with Crippen molar-refractivity contribution < 1.29 is 28.6 Å². The number of rotatable bonds is 1. The second-order valence-electron chi connectivity index (χ2n) is 7.77. The molecule has 6 nitrogen and oxygen atoms in total. The first-order chi connectivity index (χ1) is 12.0. The molecule has 5 rings (SSSR count). The third-order valence-electron chi connectivity index (χ3n) is 6.54. The smallest absolute Gasteiger partial charge is 0.317 e. The highest BCUT2D eigenvalue weighted by atomic mass is 16.6. The number of furan rings is 1. The highest BCUT2D eigenvalue weighted by Gasteiger charge is 2.62. The highest BCUT2D eigenvalue weighted by molar-refractivity contribution is 5.87. The van der Waals surface area contributed by atoms with Gasteiger partial charge in [0.25, 0.3) is 0 Å². The van der Waals surface area contributed by atoms with E-state index in [4.69, 9.17) is 13.9 Å². The molecule has 1 aromatic rings. The molecule has 6 atom stereocenters. The summed E-state index contributed by atoms with van der Waals surface area (Å²) in [7, 11) is 0. The Balaban J connectivity index is 1.64. The molecular weight excluding hydrogens is 324 g/mol. The topological polar surface area (TPSA) is 86.0 Å². The van der Waals surface area contributed by atoms with Crippen LogP contribution in [0.25, 0.3) is 0 Å². The molecule has 1 aromatic heterocycles. The first-order valence-electron chi connectivity index (χ1n) is 8.86. The van der Waals surface area contributed by atoms with Gasteiger partial charge in [0.05, 0.1) is 30.0 Å². The molecule has 0 bridgehead atoms. The first-order valence-corrected chi connectivity index (χ1v) is 8.86. The summed E-state index contributed by atoms with van der Waals surface area (Å²) in [5.74, 6) is -0.941. The zero-order chi connectivity index (χ0) is 17.3. The number of carbonyl (C=O) groups excluding carboxylic acids is 2. The minimum Gasteiger partial charge on any atom is -0.472 e. The van der Waals surface area contributed by atoms with Gasteiger partial charge >= 0.3 is 11.9 Å². The molecule has 0 unspecified atom stereocenters. The molecule has 0 aromatic carbocycles. The quantitative estimate of drug-likeness (QED) is 0.621. The summed E-state index contributed by atoms with van der Waals surface area (Å²) < 4.78 is 16.4. The van der Waals surface area contributed by atoms with Crippen molar-refractivity contribution in [1.82, 2.24) is 0 Å². The molecule has 2 aliphatic heterocycles. The maximum atomic E-state index is 13.0. The molecule has 2 fully saturated rings. The van der Waals surface area contributed by atoms with Gasteiger partial charge in [-0.25, -0.2) is 0 Å². The number of esters is 2. The average Bonchev–Trinajstić information content (AvgIpc) is 3.26. The molecular formula is C19H20O6. The Morgan fingerprint density at radius 1 is 1.20 bits per heavy atom. The normalized spacial score (nSPS) is 42.6. The summed E-state index contributed by atoms with van der Waals surface area (Å²) in [4.78, 5) is 25.3. The van der Waals surface area contributed by atoms with E-state index in [9.17, 15) is 14.7 Å². The van der Waals surface area contributed by atoms with Crippen LogP contribution in [0.5, 0.6) is 0 Å². The number of ether oxygens (including phenoxy) is 2. The molecule has 6 heteroatoms. The third kappa shape index (κ3) is 1.89. The fourth-order valence-electron chi connectivity index (χ4n) is 5.35. The van der Waals surface area contributed by atoms with Crippen LogP contribution < -0.4 is 0 Å². The van der Waals surface area contributed by atoms with Crippen LogP contribution in [0.2, 0.25) is 0 Å². The molecule has 2 saturated heterocycles. The SMILES string of the molecule is C[C@@H]1C[C@H]2OC(=O)[C@H]3C[C@H](O)CC(=C32)[C@@]12C[C@@H](c1ccoc1)OC2=O. The Hall–Kier alpha value is -2.08. The summed E-state index contributed by atoms with van der Waals surface area (Å²) in [5.41, 5.74) is 1.90. The van der Waals surface area contributed by atoms with E-state index in [2.05, 4.69) is 0 Å². The van der Waals surface area contributed by atoms with Crippen LogP contribution in [0.15, 0.2) is 34.2 Å². The summed E-state index contributed by atoms with van der Waals surface area (Å²) in [5, 5.41) is 10.3. The molecule has 132 valence electrons. The van der Waals surface area contributed by atoms with E-state index < -0.39 is 17.4 Å². The Morgan fingerprint density at radius 2 is 2.04 bits per heavy atom. The lowest BCUT2D eigenvalue weighted by molar-refractivity contribution is -0.150. The zero-order valence-corrected chi connectivity index (χ0v) is 13.9. The van der Waals surface area contributed by atoms with Crippen molar-refractivity contribution in [1.29, 1.82) is 0 Å². The number of fused-ring (bicyclic) bond motifs is 1. The van der Waals surface area contributed by atoms with Crippen LogP contribution in [0.3, 0.4) is 0 Å². The third-order valence-corrected chi connectivity index (χ3v) is 6.54. The lowest BCUT2D eigenvalue weighted by atomic mass is 9.57. The largest absolute Gasteiger partial charge is 0.472 e. The van der Waals surface area contributed by atoms with Crippen molar-refractivity contribution in [2.75, 3.05) is 0 Å². The number of cyclic esters (lactones) is 1. The maximum Gasteiger partial charge on any atom is 0.317 e. The lowest BCUT2D eigenvalue weighted by Crippen LogP contribution is -2.45. The highest BCUT2D eigenvalue weighted by Crippen LogP contribution is 2.61. The van der Waals surface area contributed by atoms with Crippen LogP contribution in [-0.4, -0.2) is 29.3 Å². The summed E-state index contributed by atoms with van der Waals surface area (Å²) in [6, 6.07) is 1.81. The number of aliphatic hydroxyl groups excluding tert-OH is 1. The van der Waals surface area contributed by atoms with Gasteiger partial charge < -0.3 is 19.0 Å². The van der Waals surface area contributed by atoms with Gasteiger partial charge in [0.1, 0.15) is 12.2 Å². The van der Waals surface area contributed by atoms with Crippen LogP contribution in [0.1, 0.15) is 44.3 Å². The fourth-order valence-corrected chi connectivity index (χ4v) is 5.35. The summed E-state index contributed by atoms with van der Waals surface area (Å²) in [6.45, 7) is 2.02. The summed E-state index contributed by atoms with van der Waals surface area (Å²) in [6.07, 6.45) is 3.89. The molecule has 1 N–H and O–H groups in total. The Bertz CT molecular complexity index is 778. The molecule has 1 spiro atoms. The Morgan fingerprint density at radius 3 is 2.80 bits per heavy atom. The van der Waals surface area contributed by atoms with E-state index in [1.165, 1.54) is 0 Å². The van der Waals surface area contributed by atoms with Crippen molar-refractivity contribution in [3.05, 3.63) is 35.3 Å². The van der Waals surface area contributed by atoms with Gasteiger partial charge in [-0.2, -0.15) is 0 Å². The van der Waals surface area contributed by atoms with Crippen molar-refractivity contribution in [2.24, 2.45) is 17.3 Å². The van der Waals surface area contributed by atoms with Crippen molar-refractivity contribution in [3.8, 4) is 0 Å². The summed E-state index contributed by atoms with van der Waals surface area (Å²) >= 11 is 0. The van der Waals surface area contributed by atoms with E-state index in [-0.39, 0.29) is 30.1 Å². The molecule has 0 saturated carbocycles. The van der Waals surface area contributed by atoms with Crippen LogP contribution in [0, 0.1) is 17.3 Å². The predicted octanol–water partition coefficient (Wildman–Crippen LogP) is 2.29. The van der Waals surface area contributed by atoms with Gasteiger partial charge in [-0.05, 0) is 42.4 Å². The van der Waals surface area contributed by atoms with Gasteiger partial charge in [-0.1, -0.05) is 6.92 Å². The molecule has 4 aliphatic rings. The van der Waals surface area contributed by atoms with E-state index >= 15 is 0 Å². The zero-order valence-electron chi connectivity index (χ0n) is 13.9. The van der Waals surface area contributed by atoms with Crippen LogP contribution in [0.4, 0.5) is 0 Å². The van der Waals surface area contributed by atoms with E-state index in [0.29, 0.717) is 25.7 Å². The van der Waals surface area contributed by atoms with Crippen molar-refractivity contribution in [3.63, 3.8) is 0 Å². The monoisotopic (exact) mass is 344 g/mol. The minimum atomic E-state index is -0.776. The van der Waals surface area contributed by atoms with Gasteiger partial charge in [-0.15, -0.1) is 0 Å². The molecule has 0 radical (unpaired) electrons. The number of hydrogen-bond acceptors (Lipinski definition) is 6. The van der Waals surface area contributed by atoms with Gasteiger partial charge in [-0.3, -0.25) is 9.59 Å². The van der Waals surface area contributed by atoms with E-state index in [1.54, 1.807) is 12.5 Å². The van der Waals surface area contributed by atoms with E-state index in [0.717, 1.165) is 16.7 Å². The Labute approximate surface area is 144 Å². The molecule has 3 heterocycles. The van der Waals surface area contributed by atoms with Crippen LogP contribution >= 0.6 is 0 Å². The fraction of sp³-hybridized carbons (Fsp3) is 0.579. The molecule has 2 aliphatic carbocycles. The second kappa shape index (κ2) is 4.97. The first kappa shape index (κ1) is 15.2. The van der Waals surface area contributed by atoms with Gasteiger partial charge in [0, 0.05) is 12.0 Å². The van der Waals surface area contributed by atoms with Gasteiger partial charge in [0.15, 0.2) is 0 Å². The van der Waals surface area contributed by atoms with E-state index in [1.807, 2.05) is 13.0 Å². The van der Waals surface area contributed by atoms with Gasteiger partial charge in [0.2, 0.25) is 0 Å².